The van der Waals surface area contributed by atoms with Crippen LogP contribution in [-0.4, -0.2) is 10.9 Å². The number of aromatic nitrogens is 1. The molecule has 1 heterocycles. The van der Waals surface area contributed by atoms with Crippen molar-refractivity contribution in [3.05, 3.63) is 59.4 Å². The van der Waals surface area contributed by atoms with Crippen LogP contribution in [0.5, 0.6) is 0 Å². The summed E-state index contributed by atoms with van der Waals surface area (Å²) in [6.45, 7) is 2.42. The summed E-state index contributed by atoms with van der Waals surface area (Å²) >= 11 is 0. The lowest BCUT2D eigenvalue weighted by molar-refractivity contribution is 0.0951. The number of nitrogens with zero attached hydrogens (tertiary/aromatic N) is 1. The maximum absolute atomic E-state index is 11.8. The molecule has 3 N–H and O–H groups in total. The summed E-state index contributed by atoms with van der Waals surface area (Å²) < 4.78 is 0. The second-order valence-corrected chi connectivity index (χ2v) is 4.05. The van der Waals surface area contributed by atoms with Crippen LogP contribution in [0.4, 0.5) is 5.69 Å². The third kappa shape index (κ3) is 2.66. The van der Waals surface area contributed by atoms with Crippen molar-refractivity contribution in [2.45, 2.75) is 13.5 Å². The van der Waals surface area contributed by atoms with Gasteiger partial charge >= 0.3 is 0 Å². The molecule has 92 valence electrons. The summed E-state index contributed by atoms with van der Waals surface area (Å²) in [6, 6.07) is 9.06. The second-order valence-electron chi connectivity index (χ2n) is 4.05. The number of nitrogens with two attached hydrogens (primary N) is 1. The molecule has 0 unspecified atom stereocenters. The van der Waals surface area contributed by atoms with Crippen molar-refractivity contribution in [3.8, 4) is 0 Å². The molecule has 2 rings (SSSR count). The first-order chi connectivity index (χ1) is 8.68. The Hall–Kier alpha value is -2.36. The number of hydrogen-bond donors (Lipinski definition) is 2. The highest BCUT2D eigenvalue weighted by Crippen LogP contribution is 2.15. The van der Waals surface area contributed by atoms with Crippen LogP contribution in [-0.2, 0) is 6.54 Å². The van der Waals surface area contributed by atoms with Gasteiger partial charge in [-0.1, -0.05) is 12.1 Å². The summed E-state index contributed by atoms with van der Waals surface area (Å²) in [6.07, 6.45) is 3.20. The Morgan fingerprint density at radius 3 is 2.72 bits per heavy atom. The largest absolute Gasteiger partial charge is 0.399 e. The van der Waals surface area contributed by atoms with Crippen LogP contribution in [0.25, 0.3) is 0 Å². The van der Waals surface area contributed by atoms with E-state index in [1.54, 1.807) is 24.5 Å². The fourth-order valence-electron chi connectivity index (χ4n) is 1.68. The van der Waals surface area contributed by atoms with E-state index in [0.29, 0.717) is 12.1 Å². The van der Waals surface area contributed by atoms with Gasteiger partial charge in [-0.05, 0) is 36.2 Å². The van der Waals surface area contributed by atoms with Gasteiger partial charge in [0, 0.05) is 30.2 Å². The molecule has 0 radical (unpaired) electrons. The normalized spacial score (nSPS) is 10.1. The number of nitrogens with one attached hydrogen (secondary N) is 1. The molecule has 18 heavy (non-hydrogen) atoms. The van der Waals surface area contributed by atoms with E-state index >= 15 is 0 Å². The molecule has 0 aliphatic rings. The van der Waals surface area contributed by atoms with Crippen LogP contribution in [0.15, 0.2) is 42.7 Å². The zero-order valence-electron chi connectivity index (χ0n) is 10.2. The molecule has 0 bridgehead atoms. The van der Waals surface area contributed by atoms with E-state index < -0.39 is 0 Å². The molecule has 0 spiro atoms. The molecule has 2 aromatic rings. The zero-order chi connectivity index (χ0) is 13.0. The summed E-state index contributed by atoms with van der Waals surface area (Å²) in [5, 5.41) is 2.86. The standard InChI is InChI=1S/C14H15N3O/c1-10-12(3-2-4-13(10)15)9-17-14(18)11-5-7-16-8-6-11/h2-8H,9,15H2,1H3,(H,17,18). The van der Waals surface area contributed by atoms with E-state index in [9.17, 15) is 4.79 Å². The van der Waals surface area contributed by atoms with Crippen molar-refractivity contribution in [3.63, 3.8) is 0 Å². The van der Waals surface area contributed by atoms with Gasteiger partial charge in [0.05, 0.1) is 0 Å². The first-order valence-electron chi connectivity index (χ1n) is 5.70. The molecule has 0 aliphatic carbocycles. The average Bonchev–Trinajstić information content (AvgIpc) is 2.41. The molecular weight excluding hydrogens is 226 g/mol. The predicted octanol–water partition coefficient (Wildman–Crippen LogP) is 1.90. The summed E-state index contributed by atoms with van der Waals surface area (Å²) in [7, 11) is 0. The molecular formula is C14H15N3O. The lowest BCUT2D eigenvalue weighted by Gasteiger charge is -2.09. The minimum absolute atomic E-state index is 0.112. The van der Waals surface area contributed by atoms with Gasteiger partial charge in [-0.15, -0.1) is 0 Å². The number of hydrogen-bond acceptors (Lipinski definition) is 3. The Balaban J connectivity index is 2.04. The molecule has 0 aliphatic heterocycles. The fraction of sp³-hybridized carbons (Fsp3) is 0.143. The fourth-order valence-corrected chi connectivity index (χ4v) is 1.68. The molecule has 1 aromatic heterocycles. The van der Waals surface area contributed by atoms with E-state index in [1.165, 1.54) is 0 Å². The molecule has 0 atom stereocenters. The third-order valence-electron chi connectivity index (χ3n) is 2.87. The van der Waals surface area contributed by atoms with Gasteiger partial charge in [0.2, 0.25) is 0 Å². The number of carbonyl (C=O) groups excluding carboxylic acids is 1. The van der Waals surface area contributed by atoms with E-state index in [4.69, 9.17) is 5.73 Å². The highest BCUT2D eigenvalue weighted by molar-refractivity contribution is 5.93. The van der Waals surface area contributed by atoms with Gasteiger partial charge in [0.15, 0.2) is 0 Å². The number of pyridine rings is 1. The topological polar surface area (TPSA) is 68.0 Å². The first-order valence-corrected chi connectivity index (χ1v) is 5.70. The van der Waals surface area contributed by atoms with Gasteiger partial charge in [0.25, 0.3) is 5.91 Å². The van der Waals surface area contributed by atoms with Gasteiger partial charge < -0.3 is 11.1 Å². The number of rotatable bonds is 3. The van der Waals surface area contributed by atoms with Gasteiger partial charge in [-0.2, -0.15) is 0 Å². The number of carbonyl (C=O) groups is 1. The lowest BCUT2D eigenvalue weighted by Crippen LogP contribution is -2.23. The Morgan fingerprint density at radius 2 is 2.00 bits per heavy atom. The van der Waals surface area contributed by atoms with E-state index in [-0.39, 0.29) is 5.91 Å². The smallest absolute Gasteiger partial charge is 0.251 e. The molecule has 1 aromatic carbocycles. The van der Waals surface area contributed by atoms with E-state index in [0.717, 1.165) is 16.8 Å². The van der Waals surface area contributed by atoms with Gasteiger partial charge in [0.1, 0.15) is 0 Å². The monoisotopic (exact) mass is 241 g/mol. The number of nitrogen functional groups attached to an aromatic ring is 1. The first kappa shape index (κ1) is 12.1. The van der Waals surface area contributed by atoms with E-state index in [2.05, 4.69) is 10.3 Å². The summed E-state index contributed by atoms with van der Waals surface area (Å²) in [5.41, 5.74) is 9.19. The van der Waals surface area contributed by atoms with Gasteiger partial charge in [-0.25, -0.2) is 0 Å². The second kappa shape index (κ2) is 5.31. The van der Waals surface area contributed by atoms with E-state index in [1.807, 2.05) is 25.1 Å². The minimum atomic E-state index is -0.112. The average molecular weight is 241 g/mol. The lowest BCUT2D eigenvalue weighted by atomic mass is 10.1. The van der Waals surface area contributed by atoms with Crippen LogP contribution in [0.2, 0.25) is 0 Å². The maximum atomic E-state index is 11.8. The Bertz CT molecular complexity index is 552. The highest BCUT2D eigenvalue weighted by Gasteiger charge is 2.06. The Labute approximate surface area is 106 Å². The van der Waals surface area contributed by atoms with Crippen molar-refractivity contribution < 1.29 is 4.79 Å². The highest BCUT2D eigenvalue weighted by atomic mass is 16.1. The van der Waals surface area contributed by atoms with Crippen molar-refractivity contribution in [2.75, 3.05) is 5.73 Å². The van der Waals surface area contributed by atoms with Crippen molar-refractivity contribution in [1.29, 1.82) is 0 Å². The SMILES string of the molecule is Cc1c(N)cccc1CNC(=O)c1ccncc1. The molecule has 0 saturated carbocycles. The predicted molar refractivity (Wildman–Crippen MR) is 71.0 cm³/mol. The van der Waals surface area contributed by atoms with Crippen LogP contribution in [0, 0.1) is 6.92 Å². The van der Waals surface area contributed by atoms with Crippen LogP contribution in [0.1, 0.15) is 21.5 Å². The number of benzene rings is 1. The van der Waals surface area contributed by atoms with Crippen LogP contribution >= 0.6 is 0 Å². The quantitative estimate of drug-likeness (QED) is 0.806. The summed E-state index contributed by atoms with van der Waals surface area (Å²) in [5.74, 6) is -0.112. The van der Waals surface area contributed by atoms with Crippen molar-refractivity contribution in [2.24, 2.45) is 0 Å². The molecule has 0 saturated heterocycles. The molecule has 1 amide bonds. The van der Waals surface area contributed by atoms with Crippen molar-refractivity contribution in [1.82, 2.24) is 10.3 Å². The maximum Gasteiger partial charge on any atom is 0.251 e. The van der Waals surface area contributed by atoms with Crippen LogP contribution < -0.4 is 11.1 Å². The molecule has 4 heteroatoms. The van der Waals surface area contributed by atoms with Gasteiger partial charge in [-0.3, -0.25) is 9.78 Å². The third-order valence-corrected chi connectivity index (χ3v) is 2.87. The Kier molecular flexibility index (Phi) is 3.57. The number of amides is 1. The Morgan fingerprint density at radius 1 is 1.28 bits per heavy atom. The summed E-state index contributed by atoms with van der Waals surface area (Å²) in [4.78, 5) is 15.7. The van der Waals surface area contributed by atoms with Crippen LogP contribution in [0.3, 0.4) is 0 Å². The molecule has 0 fully saturated rings. The number of anilines is 1. The minimum Gasteiger partial charge on any atom is -0.399 e. The zero-order valence-corrected chi connectivity index (χ0v) is 10.2. The van der Waals surface area contributed by atoms with Crippen molar-refractivity contribution >= 4 is 11.6 Å². The molecule has 4 nitrogen and oxygen atoms in total.